The third-order valence-corrected chi connectivity index (χ3v) is 7.44. The molecule has 9 nitrogen and oxygen atoms in total. The number of amides is 2. The lowest BCUT2D eigenvalue weighted by molar-refractivity contribution is -0.229. The monoisotopic (exact) mass is 495 g/mol. The van der Waals surface area contributed by atoms with Crippen LogP contribution in [-0.4, -0.2) is 59.3 Å². The summed E-state index contributed by atoms with van der Waals surface area (Å²) in [4.78, 5) is 43.8. The molecule has 0 bridgehead atoms. The van der Waals surface area contributed by atoms with E-state index in [1.54, 1.807) is 5.06 Å². The van der Waals surface area contributed by atoms with Crippen molar-refractivity contribution in [3.63, 3.8) is 0 Å². The van der Waals surface area contributed by atoms with Gasteiger partial charge in [-0.15, -0.1) is 0 Å². The van der Waals surface area contributed by atoms with Crippen LogP contribution in [0.3, 0.4) is 0 Å². The molecule has 192 valence electrons. The van der Waals surface area contributed by atoms with Crippen molar-refractivity contribution in [3.8, 4) is 11.8 Å². The van der Waals surface area contributed by atoms with Gasteiger partial charge >= 0.3 is 5.97 Å². The third kappa shape index (κ3) is 4.73. The van der Waals surface area contributed by atoms with E-state index in [4.69, 9.17) is 20.0 Å². The fourth-order valence-electron chi connectivity index (χ4n) is 5.63. The van der Waals surface area contributed by atoms with E-state index in [1.807, 2.05) is 24.3 Å². The Hall–Kier alpha value is -2.93. The van der Waals surface area contributed by atoms with Crippen LogP contribution in [0.2, 0.25) is 0 Å². The number of hydroxylamine groups is 2. The summed E-state index contributed by atoms with van der Waals surface area (Å²) in [5.41, 5.74) is 5.87. The highest BCUT2D eigenvalue weighted by Crippen LogP contribution is 2.57. The average molecular weight is 496 g/mol. The minimum absolute atomic E-state index is 0.153. The Morgan fingerprint density at radius 1 is 1.19 bits per heavy atom. The number of nitrogens with one attached hydrogen (secondary N) is 1. The number of unbranched alkanes of at least 4 members (excludes halogenated alkanes) is 3. The zero-order chi connectivity index (χ0) is 25.3. The Morgan fingerprint density at radius 2 is 2.00 bits per heavy atom. The highest BCUT2D eigenvalue weighted by atomic mass is 16.7. The molecule has 1 saturated carbocycles. The second kappa shape index (κ2) is 10.2. The second-order valence-corrected chi connectivity index (χ2v) is 10.1. The van der Waals surface area contributed by atoms with Gasteiger partial charge < -0.3 is 20.5 Å². The van der Waals surface area contributed by atoms with Gasteiger partial charge in [0, 0.05) is 31.4 Å². The van der Waals surface area contributed by atoms with Crippen LogP contribution in [0.15, 0.2) is 24.3 Å². The molecule has 36 heavy (non-hydrogen) atoms. The van der Waals surface area contributed by atoms with Crippen molar-refractivity contribution in [3.05, 3.63) is 35.4 Å². The number of fused-ring (bicyclic) bond motifs is 2. The van der Waals surface area contributed by atoms with Crippen LogP contribution in [0.5, 0.6) is 0 Å². The van der Waals surface area contributed by atoms with Gasteiger partial charge in [-0.05, 0) is 37.0 Å². The molecule has 3 heterocycles. The quantitative estimate of drug-likeness (QED) is 0.219. The first-order valence-corrected chi connectivity index (χ1v) is 12.9. The zero-order valence-corrected chi connectivity index (χ0v) is 20.5. The van der Waals surface area contributed by atoms with Gasteiger partial charge in [0.25, 0.3) is 5.91 Å². The van der Waals surface area contributed by atoms with Gasteiger partial charge in [0.1, 0.15) is 18.2 Å². The number of rotatable bonds is 10. The maximum atomic E-state index is 13.5. The van der Waals surface area contributed by atoms with Crippen LogP contribution in [0, 0.1) is 17.8 Å². The van der Waals surface area contributed by atoms with Gasteiger partial charge in [-0.1, -0.05) is 37.3 Å². The number of ether oxygens (including phenoxy) is 2. The lowest BCUT2D eigenvalue weighted by atomic mass is 9.71. The summed E-state index contributed by atoms with van der Waals surface area (Å²) in [6, 6.07) is 7.20. The number of epoxide rings is 1. The van der Waals surface area contributed by atoms with Crippen molar-refractivity contribution >= 4 is 17.8 Å². The van der Waals surface area contributed by atoms with E-state index < -0.39 is 23.7 Å². The van der Waals surface area contributed by atoms with E-state index in [1.165, 1.54) is 0 Å². The molecule has 4 aliphatic rings. The van der Waals surface area contributed by atoms with E-state index in [9.17, 15) is 14.4 Å². The normalized spacial score (nSPS) is 31.6. The van der Waals surface area contributed by atoms with Gasteiger partial charge in [0.15, 0.2) is 5.60 Å². The molecule has 4 fully saturated rings. The van der Waals surface area contributed by atoms with Gasteiger partial charge in [-0.25, -0.2) is 0 Å². The number of carbonyl (C=O) groups is 3. The van der Waals surface area contributed by atoms with Gasteiger partial charge in [-0.3, -0.25) is 19.2 Å². The van der Waals surface area contributed by atoms with E-state index in [-0.39, 0.29) is 30.0 Å². The van der Waals surface area contributed by atoms with Crippen LogP contribution < -0.4 is 11.1 Å². The van der Waals surface area contributed by atoms with Crippen LogP contribution in [-0.2, 0) is 35.2 Å². The van der Waals surface area contributed by atoms with Crippen molar-refractivity contribution in [2.45, 2.75) is 88.4 Å². The van der Waals surface area contributed by atoms with Gasteiger partial charge in [0.05, 0.1) is 18.6 Å². The Kier molecular flexibility index (Phi) is 7.02. The molecular formula is C27H33N3O6. The molecule has 3 N–H and O–H groups in total. The summed E-state index contributed by atoms with van der Waals surface area (Å²) in [7, 11) is 0. The maximum absolute atomic E-state index is 13.5. The van der Waals surface area contributed by atoms with E-state index in [0.29, 0.717) is 32.4 Å². The molecule has 2 amide bonds. The number of nitrogens with two attached hydrogens (primary N) is 1. The molecule has 3 saturated heterocycles. The number of hydrogen-bond acceptors (Lipinski definition) is 7. The van der Waals surface area contributed by atoms with Crippen LogP contribution in [0.25, 0.3) is 0 Å². The summed E-state index contributed by atoms with van der Waals surface area (Å²) in [5.74, 6) is 4.93. The SMILES string of the molecule is CCCC#Cc1ccc(CN2O[C@@]3(C(=O)NCCCCCC(N)=O)CC4OC4C4OC(=O)C2C43)cc1. The van der Waals surface area contributed by atoms with E-state index >= 15 is 0 Å². The van der Waals surface area contributed by atoms with Gasteiger partial charge in [0.2, 0.25) is 5.91 Å². The highest BCUT2D eigenvalue weighted by molar-refractivity contribution is 5.90. The van der Waals surface area contributed by atoms with Gasteiger partial charge in [-0.2, -0.15) is 5.06 Å². The molecule has 5 rings (SSSR count). The molecule has 0 spiro atoms. The third-order valence-electron chi connectivity index (χ3n) is 7.44. The minimum Gasteiger partial charge on any atom is -0.458 e. The first-order valence-electron chi connectivity index (χ1n) is 12.9. The number of benzene rings is 1. The molecule has 5 unspecified atom stereocenters. The smallest absolute Gasteiger partial charge is 0.326 e. The molecular weight excluding hydrogens is 462 g/mol. The zero-order valence-electron chi connectivity index (χ0n) is 20.5. The van der Waals surface area contributed by atoms with Crippen LogP contribution >= 0.6 is 0 Å². The highest BCUT2D eigenvalue weighted by Gasteiger charge is 2.76. The number of esters is 1. The topological polar surface area (TPSA) is 123 Å². The van der Waals surface area contributed by atoms with Crippen molar-refractivity contribution in [1.29, 1.82) is 0 Å². The molecule has 0 aromatic heterocycles. The lowest BCUT2D eigenvalue weighted by Gasteiger charge is -2.35. The largest absolute Gasteiger partial charge is 0.458 e. The molecule has 1 aliphatic carbocycles. The molecule has 9 heteroatoms. The van der Waals surface area contributed by atoms with Crippen LogP contribution in [0.4, 0.5) is 0 Å². The fourth-order valence-corrected chi connectivity index (χ4v) is 5.63. The van der Waals surface area contributed by atoms with Crippen molar-refractivity contribution in [2.75, 3.05) is 6.54 Å². The Balaban J connectivity index is 1.28. The first kappa shape index (κ1) is 24.8. The second-order valence-electron chi connectivity index (χ2n) is 10.1. The summed E-state index contributed by atoms with van der Waals surface area (Å²) < 4.78 is 11.5. The predicted molar refractivity (Wildman–Crippen MR) is 129 cm³/mol. The molecule has 1 aromatic carbocycles. The molecule has 3 aliphatic heterocycles. The van der Waals surface area contributed by atoms with E-state index in [2.05, 4.69) is 24.1 Å². The maximum Gasteiger partial charge on any atom is 0.326 e. The minimum atomic E-state index is -1.21. The molecule has 6 atom stereocenters. The summed E-state index contributed by atoms with van der Waals surface area (Å²) in [5, 5.41) is 4.62. The van der Waals surface area contributed by atoms with Crippen molar-refractivity contribution < 1.29 is 28.7 Å². The van der Waals surface area contributed by atoms with E-state index in [0.717, 1.165) is 36.8 Å². The van der Waals surface area contributed by atoms with Crippen molar-refractivity contribution in [2.24, 2.45) is 11.7 Å². The first-order chi connectivity index (χ1) is 17.4. The van der Waals surface area contributed by atoms with Crippen LogP contribution in [0.1, 0.15) is 63.0 Å². The Morgan fingerprint density at radius 3 is 2.75 bits per heavy atom. The summed E-state index contributed by atoms with van der Waals surface area (Å²) >= 11 is 0. The molecule has 0 radical (unpaired) electrons. The average Bonchev–Trinajstić information content (AvgIpc) is 3.42. The molecule has 1 aromatic rings. The Labute approximate surface area is 210 Å². The standard InChI is InChI=1S/C27H33N3O6/c1-2-3-5-8-17-10-12-18(13-11-17)16-30-22-21-24(35-25(22)32)23-19(34-23)15-27(21,36-30)26(33)29-14-7-4-6-9-20(28)31/h10-13,19,21-24H,2-4,6-7,9,14-16H2,1H3,(H2,28,31)(H,29,33)/t19?,21?,22?,23?,24?,27-/m0/s1. The summed E-state index contributed by atoms with van der Waals surface area (Å²) in [6.45, 7) is 2.90. The number of primary amides is 1. The summed E-state index contributed by atoms with van der Waals surface area (Å²) in [6.07, 6.45) is 4.01. The fraction of sp³-hybridized carbons (Fsp3) is 0.593. The number of nitrogens with zero attached hydrogens (tertiary/aromatic N) is 1. The lowest BCUT2D eigenvalue weighted by Crippen LogP contribution is -2.58. The predicted octanol–water partition coefficient (Wildman–Crippen LogP) is 1.57. The number of carbonyl (C=O) groups excluding carboxylic acids is 3. The number of hydrogen-bond donors (Lipinski definition) is 2. The van der Waals surface area contributed by atoms with Crippen molar-refractivity contribution in [1.82, 2.24) is 10.4 Å². The Bertz CT molecular complexity index is 1080.